The van der Waals surface area contributed by atoms with E-state index in [9.17, 15) is 0 Å². The quantitative estimate of drug-likeness (QED) is 0.908. The molecule has 0 atom stereocenters. The van der Waals surface area contributed by atoms with Crippen LogP contribution in [0.1, 0.15) is 32.3 Å². The third-order valence-corrected chi connectivity index (χ3v) is 3.16. The number of nitrogens with zero attached hydrogens (tertiary/aromatic N) is 5. The third kappa shape index (κ3) is 4.53. The predicted molar refractivity (Wildman–Crippen MR) is 83.9 cm³/mol. The average Bonchev–Trinajstić information content (AvgIpc) is 2.81. The lowest BCUT2D eigenvalue weighted by Gasteiger charge is -2.21. The van der Waals surface area contributed by atoms with Crippen molar-refractivity contribution < 1.29 is 0 Å². The first-order chi connectivity index (χ1) is 9.85. The van der Waals surface area contributed by atoms with Crippen molar-refractivity contribution >= 4 is 5.82 Å². The van der Waals surface area contributed by atoms with Crippen molar-refractivity contribution in [2.75, 3.05) is 11.9 Å². The maximum atomic E-state index is 4.65. The highest BCUT2D eigenvalue weighted by atomic mass is 15.2. The second-order valence-corrected chi connectivity index (χ2v) is 6.28. The minimum atomic E-state index is 0.0660. The molecule has 0 fully saturated rings. The Morgan fingerprint density at radius 3 is 2.67 bits per heavy atom. The van der Waals surface area contributed by atoms with Gasteiger partial charge in [0.2, 0.25) is 0 Å². The minimum Gasteiger partial charge on any atom is -0.351 e. The fourth-order valence-corrected chi connectivity index (χ4v) is 1.86. The number of anilines is 1. The van der Waals surface area contributed by atoms with E-state index in [1.807, 2.05) is 24.9 Å². The molecule has 0 aliphatic rings. The molecule has 21 heavy (non-hydrogen) atoms. The molecule has 6 nitrogen and oxygen atoms in total. The predicted octanol–water partition coefficient (Wildman–Crippen LogP) is 1.73. The summed E-state index contributed by atoms with van der Waals surface area (Å²) in [5.41, 5.74) is 1.01. The van der Waals surface area contributed by atoms with Gasteiger partial charge in [0.1, 0.15) is 11.6 Å². The zero-order valence-electron chi connectivity index (χ0n) is 13.5. The van der Waals surface area contributed by atoms with Crippen molar-refractivity contribution in [1.29, 1.82) is 0 Å². The van der Waals surface area contributed by atoms with Crippen LogP contribution in [0.25, 0.3) is 0 Å². The molecule has 0 radical (unpaired) electrons. The highest BCUT2D eigenvalue weighted by Gasteiger charge is 2.11. The number of aryl methyl sites for hydroxylation is 1. The van der Waals surface area contributed by atoms with E-state index in [1.165, 1.54) is 0 Å². The summed E-state index contributed by atoms with van der Waals surface area (Å²) < 4.78 is 2.01. The summed E-state index contributed by atoms with van der Waals surface area (Å²) in [6, 6.07) is 0. The molecule has 0 spiro atoms. The first-order valence-corrected chi connectivity index (χ1v) is 7.08. The van der Waals surface area contributed by atoms with Crippen molar-refractivity contribution in [2.24, 2.45) is 7.05 Å². The van der Waals surface area contributed by atoms with Crippen molar-refractivity contribution in [1.82, 2.24) is 24.8 Å². The summed E-state index contributed by atoms with van der Waals surface area (Å²) in [6.45, 7) is 7.82. The number of aromatic nitrogens is 4. The maximum Gasteiger partial charge on any atom is 0.147 e. The smallest absolute Gasteiger partial charge is 0.147 e. The van der Waals surface area contributed by atoms with Gasteiger partial charge < -0.3 is 14.8 Å². The lowest BCUT2D eigenvalue weighted by Crippen LogP contribution is -2.35. The second-order valence-electron chi connectivity index (χ2n) is 6.28. The fraction of sp³-hybridized carbons (Fsp3) is 0.533. The summed E-state index contributed by atoms with van der Waals surface area (Å²) in [7, 11) is 3.99. The van der Waals surface area contributed by atoms with Crippen LogP contribution >= 0.6 is 0 Å². The molecule has 0 aliphatic heterocycles. The van der Waals surface area contributed by atoms with E-state index >= 15 is 0 Å². The van der Waals surface area contributed by atoms with Crippen LogP contribution in [0.3, 0.4) is 0 Å². The van der Waals surface area contributed by atoms with E-state index in [0.29, 0.717) is 13.1 Å². The Balaban J connectivity index is 2.04. The average molecular weight is 288 g/mol. The summed E-state index contributed by atoms with van der Waals surface area (Å²) in [5.74, 6) is 1.85. The Kier molecular flexibility index (Phi) is 4.57. The third-order valence-electron chi connectivity index (χ3n) is 3.16. The van der Waals surface area contributed by atoms with Crippen LogP contribution in [0.4, 0.5) is 5.82 Å². The molecule has 0 aliphatic carbocycles. The van der Waals surface area contributed by atoms with Gasteiger partial charge in [0, 0.05) is 44.8 Å². The number of imidazole rings is 1. The molecule has 0 bridgehead atoms. The molecule has 114 valence electrons. The molecule has 2 heterocycles. The Labute approximate surface area is 126 Å². The van der Waals surface area contributed by atoms with Crippen LogP contribution in [-0.4, -0.2) is 32.1 Å². The molecular formula is C15H24N6. The van der Waals surface area contributed by atoms with Gasteiger partial charge in [-0.3, -0.25) is 4.98 Å². The van der Waals surface area contributed by atoms with Crippen molar-refractivity contribution in [3.8, 4) is 0 Å². The molecule has 0 aromatic carbocycles. The van der Waals surface area contributed by atoms with Gasteiger partial charge >= 0.3 is 0 Å². The Morgan fingerprint density at radius 1 is 1.29 bits per heavy atom. The summed E-state index contributed by atoms with van der Waals surface area (Å²) in [6.07, 6.45) is 7.33. The number of rotatable bonds is 5. The lowest BCUT2D eigenvalue weighted by molar-refractivity contribution is 0.421. The van der Waals surface area contributed by atoms with Gasteiger partial charge in [-0.25, -0.2) is 9.97 Å². The lowest BCUT2D eigenvalue weighted by atomic mass is 10.1. The van der Waals surface area contributed by atoms with E-state index < -0.39 is 0 Å². The Bertz CT molecular complexity index is 584. The van der Waals surface area contributed by atoms with E-state index in [1.54, 1.807) is 18.6 Å². The molecule has 0 amide bonds. The molecule has 2 aromatic heterocycles. The van der Waals surface area contributed by atoms with Crippen molar-refractivity contribution in [3.05, 3.63) is 36.3 Å². The molecule has 1 N–H and O–H groups in total. The molecule has 0 unspecified atom stereocenters. The highest BCUT2D eigenvalue weighted by molar-refractivity contribution is 5.35. The van der Waals surface area contributed by atoms with E-state index in [0.717, 1.165) is 17.3 Å². The van der Waals surface area contributed by atoms with Gasteiger partial charge in [0.05, 0.1) is 18.4 Å². The largest absolute Gasteiger partial charge is 0.351 e. The van der Waals surface area contributed by atoms with Crippen molar-refractivity contribution in [3.63, 3.8) is 0 Å². The minimum absolute atomic E-state index is 0.0660. The van der Waals surface area contributed by atoms with Crippen LogP contribution in [0.2, 0.25) is 0 Å². The van der Waals surface area contributed by atoms with E-state index in [2.05, 4.69) is 45.9 Å². The first-order valence-electron chi connectivity index (χ1n) is 7.08. The first kappa shape index (κ1) is 15.4. The van der Waals surface area contributed by atoms with Crippen molar-refractivity contribution in [2.45, 2.75) is 39.4 Å². The molecule has 0 saturated carbocycles. The Hall–Kier alpha value is -1.95. The van der Waals surface area contributed by atoms with E-state index in [-0.39, 0.29) is 5.54 Å². The summed E-state index contributed by atoms with van der Waals surface area (Å²) in [4.78, 5) is 15.3. The van der Waals surface area contributed by atoms with Gasteiger partial charge in [-0.15, -0.1) is 0 Å². The number of nitrogens with one attached hydrogen (secondary N) is 1. The van der Waals surface area contributed by atoms with Gasteiger partial charge in [0.15, 0.2) is 0 Å². The molecule has 6 heteroatoms. The van der Waals surface area contributed by atoms with Crippen LogP contribution in [-0.2, 0) is 20.1 Å². The maximum absolute atomic E-state index is 4.65. The van der Waals surface area contributed by atoms with Crippen LogP contribution in [0.5, 0.6) is 0 Å². The SMILES string of the molecule is CN(Cc1nccn1C)c1cncc(CNC(C)(C)C)n1. The fourth-order valence-electron chi connectivity index (χ4n) is 1.86. The zero-order valence-corrected chi connectivity index (χ0v) is 13.5. The van der Waals surface area contributed by atoms with Crippen LogP contribution in [0.15, 0.2) is 24.8 Å². The highest BCUT2D eigenvalue weighted by Crippen LogP contribution is 2.11. The summed E-state index contributed by atoms with van der Waals surface area (Å²) >= 11 is 0. The molecule has 0 saturated heterocycles. The van der Waals surface area contributed by atoms with E-state index in [4.69, 9.17) is 0 Å². The standard InChI is InChI=1S/C15H24N6/c1-15(2,3)18-9-12-8-16-10-13(19-12)21(5)11-14-17-6-7-20(14)4/h6-8,10,18H,9,11H2,1-5H3. The monoisotopic (exact) mass is 288 g/mol. The molecule has 2 rings (SSSR count). The second kappa shape index (κ2) is 6.22. The summed E-state index contributed by atoms with van der Waals surface area (Å²) in [5, 5.41) is 3.42. The topological polar surface area (TPSA) is 58.9 Å². The van der Waals surface area contributed by atoms with Crippen LogP contribution in [0, 0.1) is 0 Å². The zero-order chi connectivity index (χ0) is 15.5. The van der Waals surface area contributed by atoms with Gasteiger partial charge in [-0.1, -0.05) is 0 Å². The van der Waals surface area contributed by atoms with Gasteiger partial charge in [-0.05, 0) is 20.8 Å². The van der Waals surface area contributed by atoms with Gasteiger partial charge in [-0.2, -0.15) is 0 Å². The van der Waals surface area contributed by atoms with Gasteiger partial charge in [0.25, 0.3) is 0 Å². The molecule has 2 aromatic rings. The molecular weight excluding hydrogens is 264 g/mol. The number of hydrogen-bond acceptors (Lipinski definition) is 5. The van der Waals surface area contributed by atoms with Crippen LogP contribution < -0.4 is 10.2 Å². The Morgan fingerprint density at radius 2 is 2.05 bits per heavy atom. The normalized spacial score (nSPS) is 11.7. The number of hydrogen-bond donors (Lipinski definition) is 1.